The van der Waals surface area contributed by atoms with Crippen LogP contribution in [0.3, 0.4) is 0 Å². The highest BCUT2D eigenvalue weighted by Crippen LogP contribution is 2.31. The summed E-state index contributed by atoms with van der Waals surface area (Å²) in [5.41, 5.74) is 4.84. The zero-order chi connectivity index (χ0) is 20.3. The molecule has 3 aliphatic heterocycles. The average molecular weight is 429 g/mol. The largest absolute Gasteiger partial charge is 0.381 e. The standard InChI is InChI=1S/C23H32N4O2S/c1-16-12-17-14-21(26-22(17)20(13-16)24-18-3-8-28-9-4-18)23-25-19(15-30-23)2-5-27-6-10-29-11-7-27/h12-14,18-19,24,26H,2-11,15H2,1H3/t19-/m0/s1. The zero-order valence-corrected chi connectivity index (χ0v) is 18.6. The molecule has 0 amide bonds. The van der Waals surface area contributed by atoms with Crippen molar-refractivity contribution in [2.45, 2.75) is 38.3 Å². The van der Waals surface area contributed by atoms with Crippen LogP contribution >= 0.6 is 11.8 Å². The van der Waals surface area contributed by atoms with E-state index in [0.29, 0.717) is 12.1 Å². The van der Waals surface area contributed by atoms with Crippen LogP contribution in [0.1, 0.15) is 30.5 Å². The number of hydrogen-bond acceptors (Lipinski definition) is 6. The highest BCUT2D eigenvalue weighted by Gasteiger charge is 2.23. The van der Waals surface area contributed by atoms with Gasteiger partial charge in [-0.2, -0.15) is 0 Å². The van der Waals surface area contributed by atoms with E-state index in [0.717, 1.165) is 81.8 Å². The number of rotatable bonds is 6. The molecule has 1 aromatic heterocycles. The van der Waals surface area contributed by atoms with Crippen LogP contribution in [0.25, 0.3) is 10.9 Å². The number of fused-ring (bicyclic) bond motifs is 1. The molecule has 0 radical (unpaired) electrons. The number of aromatic nitrogens is 1. The number of nitrogens with one attached hydrogen (secondary N) is 2. The van der Waals surface area contributed by atoms with E-state index in [1.807, 2.05) is 11.8 Å². The lowest BCUT2D eigenvalue weighted by atomic mass is 10.1. The quantitative estimate of drug-likeness (QED) is 0.735. The Morgan fingerprint density at radius 1 is 1.13 bits per heavy atom. The molecule has 0 bridgehead atoms. The predicted molar refractivity (Wildman–Crippen MR) is 125 cm³/mol. The highest BCUT2D eigenvalue weighted by atomic mass is 32.2. The fourth-order valence-corrected chi connectivity index (χ4v) is 5.63. The molecule has 2 saturated heterocycles. The Morgan fingerprint density at radius 3 is 2.77 bits per heavy atom. The van der Waals surface area contributed by atoms with Gasteiger partial charge in [0.2, 0.25) is 0 Å². The summed E-state index contributed by atoms with van der Waals surface area (Å²) in [5.74, 6) is 1.08. The second kappa shape index (κ2) is 9.30. The van der Waals surface area contributed by atoms with Gasteiger partial charge < -0.3 is 19.8 Å². The number of hydrogen-bond donors (Lipinski definition) is 2. The monoisotopic (exact) mass is 428 g/mol. The summed E-state index contributed by atoms with van der Waals surface area (Å²) in [6.45, 7) is 8.84. The van der Waals surface area contributed by atoms with Gasteiger partial charge in [0.1, 0.15) is 5.04 Å². The van der Waals surface area contributed by atoms with E-state index >= 15 is 0 Å². The van der Waals surface area contributed by atoms with E-state index < -0.39 is 0 Å². The Labute approximate surface area is 182 Å². The molecule has 1 aromatic carbocycles. The smallest absolute Gasteiger partial charge is 0.114 e. The molecular formula is C23H32N4O2S. The van der Waals surface area contributed by atoms with Crippen molar-refractivity contribution in [2.75, 3.05) is 57.1 Å². The van der Waals surface area contributed by atoms with Crippen molar-refractivity contribution in [3.63, 3.8) is 0 Å². The summed E-state index contributed by atoms with van der Waals surface area (Å²) < 4.78 is 11.0. The second-order valence-electron chi connectivity index (χ2n) is 8.63. The number of nitrogens with zero attached hydrogens (tertiary/aromatic N) is 2. The summed E-state index contributed by atoms with van der Waals surface area (Å²) in [6, 6.07) is 7.69. The van der Waals surface area contributed by atoms with Crippen LogP contribution < -0.4 is 5.32 Å². The molecule has 7 heteroatoms. The number of ether oxygens (including phenoxy) is 2. The number of anilines is 1. The second-order valence-corrected chi connectivity index (χ2v) is 9.64. The molecule has 1 atom stereocenters. The Morgan fingerprint density at radius 2 is 1.93 bits per heavy atom. The predicted octanol–water partition coefficient (Wildman–Crippen LogP) is 3.65. The van der Waals surface area contributed by atoms with E-state index in [1.54, 1.807) is 0 Å². The number of morpholine rings is 1. The molecule has 0 saturated carbocycles. The third-order valence-corrected chi connectivity index (χ3v) is 7.43. The van der Waals surface area contributed by atoms with Gasteiger partial charge in [-0.15, -0.1) is 11.8 Å². The van der Waals surface area contributed by atoms with Crippen molar-refractivity contribution >= 4 is 33.4 Å². The Balaban J connectivity index is 1.30. The topological polar surface area (TPSA) is 61.9 Å². The Kier molecular flexibility index (Phi) is 6.32. The summed E-state index contributed by atoms with van der Waals surface area (Å²) in [6.07, 6.45) is 3.26. The van der Waals surface area contributed by atoms with Crippen LogP contribution in [-0.2, 0) is 9.47 Å². The van der Waals surface area contributed by atoms with Crippen LogP contribution in [0.5, 0.6) is 0 Å². The number of thioether (sulfide) groups is 1. The van der Waals surface area contributed by atoms with Crippen LogP contribution in [0.4, 0.5) is 5.69 Å². The number of aromatic amines is 1. The first-order chi connectivity index (χ1) is 14.7. The van der Waals surface area contributed by atoms with Crippen molar-refractivity contribution in [1.29, 1.82) is 0 Å². The SMILES string of the molecule is Cc1cc(NC2CCOCC2)c2[nH]c(C3=N[C@@H](CCN4CCOCC4)CS3)cc2c1. The molecule has 6 nitrogen and oxygen atoms in total. The molecule has 0 unspecified atom stereocenters. The first-order valence-electron chi connectivity index (χ1n) is 11.2. The van der Waals surface area contributed by atoms with Gasteiger partial charge in [0.05, 0.1) is 36.2 Å². The van der Waals surface area contributed by atoms with Gasteiger partial charge in [0, 0.05) is 50.0 Å². The van der Waals surface area contributed by atoms with Gasteiger partial charge in [0.25, 0.3) is 0 Å². The van der Waals surface area contributed by atoms with E-state index in [-0.39, 0.29) is 0 Å². The van der Waals surface area contributed by atoms with Crippen molar-refractivity contribution < 1.29 is 9.47 Å². The maximum absolute atomic E-state index is 5.51. The summed E-state index contributed by atoms with van der Waals surface area (Å²) in [4.78, 5) is 11.2. The van der Waals surface area contributed by atoms with E-state index in [1.165, 1.54) is 22.2 Å². The fourth-order valence-electron chi connectivity index (χ4n) is 4.55. The first kappa shape index (κ1) is 20.4. The third kappa shape index (κ3) is 4.69. The highest BCUT2D eigenvalue weighted by molar-refractivity contribution is 8.14. The van der Waals surface area contributed by atoms with Gasteiger partial charge in [-0.3, -0.25) is 9.89 Å². The lowest BCUT2D eigenvalue weighted by Crippen LogP contribution is -2.37. The van der Waals surface area contributed by atoms with Gasteiger partial charge in [-0.05, 0) is 49.9 Å². The van der Waals surface area contributed by atoms with Crippen molar-refractivity contribution in [3.8, 4) is 0 Å². The van der Waals surface area contributed by atoms with Crippen LogP contribution in [-0.4, -0.2) is 78.8 Å². The zero-order valence-electron chi connectivity index (χ0n) is 17.8. The van der Waals surface area contributed by atoms with E-state index in [2.05, 4.69) is 40.3 Å². The molecule has 30 heavy (non-hydrogen) atoms. The molecular weight excluding hydrogens is 396 g/mol. The molecule has 0 spiro atoms. The average Bonchev–Trinajstić information content (AvgIpc) is 3.41. The number of H-pyrrole nitrogens is 1. The minimum atomic E-state index is 0.417. The normalized spacial score (nSPS) is 23.8. The molecule has 2 fully saturated rings. The Hall–Kier alpha value is -1.54. The maximum Gasteiger partial charge on any atom is 0.114 e. The lowest BCUT2D eigenvalue weighted by Gasteiger charge is -2.26. The maximum atomic E-state index is 5.51. The van der Waals surface area contributed by atoms with Crippen LogP contribution in [0.2, 0.25) is 0 Å². The van der Waals surface area contributed by atoms with Crippen LogP contribution in [0, 0.1) is 6.92 Å². The van der Waals surface area contributed by atoms with Crippen molar-refractivity contribution in [2.24, 2.45) is 4.99 Å². The van der Waals surface area contributed by atoms with Gasteiger partial charge >= 0.3 is 0 Å². The third-order valence-electron chi connectivity index (χ3n) is 6.28. The van der Waals surface area contributed by atoms with Gasteiger partial charge in [0.15, 0.2) is 0 Å². The number of benzene rings is 1. The summed E-state index contributed by atoms with van der Waals surface area (Å²) >= 11 is 1.89. The molecule has 162 valence electrons. The molecule has 3 aliphatic rings. The fraction of sp³-hybridized carbons (Fsp3) is 0.609. The molecule has 4 heterocycles. The van der Waals surface area contributed by atoms with Gasteiger partial charge in [-0.1, -0.05) is 0 Å². The van der Waals surface area contributed by atoms with Crippen molar-refractivity contribution in [1.82, 2.24) is 9.88 Å². The molecule has 2 N–H and O–H groups in total. The first-order valence-corrected chi connectivity index (χ1v) is 12.2. The summed E-state index contributed by atoms with van der Waals surface area (Å²) in [7, 11) is 0. The summed E-state index contributed by atoms with van der Waals surface area (Å²) in [5, 5.41) is 6.18. The minimum Gasteiger partial charge on any atom is -0.381 e. The minimum absolute atomic E-state index is 0.417. The molecule has 2 aromatic rings. The van der Waals surface area contributed by atoms with Crippen LogP contribution in [0.15, 0.2) is 23.2 Å². The van der Waals surface area contributed by atoms with E-state index in [4.69, 9.17) is 14.5 Å². The Bertz CT molecular complexity index is 900. The van der Waals surface area contributed by atoms with Crippen molar-refractivity contribution in [3.05, 3.63) is 29.5 Å². The number of aryl methyl sites for hydroxylation is 1. The number of aliphatic imine (C=N–C) groups is 1. The molecule has 5 rings (SSSR count). The van der Waals surface area contributed by atoms with Gasteiger partial charge in [-0.25, -0.2) is 0 Å². The molecule has 0 aliphatic carbocycles. The lowest BCUT2D eigenvalue weighted by molar-refractivity contribution is 0.0369. The van der Waals surface area contributed by atoms with E-state index in [9.17, 15) is 0 Å².